The molecule has 0 aromatic carbocycles. The molecule has 0 bridgehead atoms. The molecule has 0 saturated carbocycles. The number of hydrogen-bond donors (Lipinski definition) is 0. The molecule has 4 nitrogen and oxygen atoms in total. The van der Waals surface area contributed by atoms with Crippen LogP contribution in [-0.4, -0.2) is 20.5 Å². The average Bonchev–Trinajstić information content (AvgIpc) is 2.62. The molecule has 2 heterocycles. The highest BCUT2D eigenvalue weighted by molar-refractivity contribution is 5.83. The molecule has 1 aliphatic rings. The average molecular weight is 193 g/mol. The number of carbonyl (C=O) groups excluding carboxylic acids is 1. The minimum absolute atomic E-state index is 0.134. The van der Waals surface area contributed by atoms with Gasteiger partial charge in [-0.05, 0) is 6.42 Å². The summed E-state index contributed by atoms with van der Waals surface area (Å²) in [5.41, 5.74) is 0. The number of Topliss-reactive ketones (excluding diaryl/α,β-unsaturated/α-hetero) is 1. The third-order valence-corrected chi connectivity index (χ3v) is 2.81. The molecular formula is C10H15N3O. The smallest absolute Gasteiger partial charge is 0.139 e. The van der Waals surface area contributed by atoms with Crippen molar-refractivity contribution >= 4 is 5.78 Å². The van der Waals surface area contributed by atoms with E-state index in [2.05, 4.69) is 10.2 Å². The predicted octanol–water partition coefficient (Wildman–Crippen LogP) is 1.07. The van der Waals surface area contributed by atoms with Gasteiger partial charge in [0.1, 0.15) is 17.9 Å². The number of ketones is 1. The summed E-state index contributed by atoms with van der Waals surface area (Å²) in [7, 11) is 0. The van der Waals surface area contributed by atoms with Crippen molar-refractivity contribution in [3.8, 4) is 0 Å². The van der Waals surface area contributed by atoms with Crippen LogP contribution in [0.5, 0.6) is 0 Å². The van der Waals surface area contributed by atoms with Gasteiger partial charge in [0, 0.05) is 24.8 Å². The lowest BCUT2D eigenvalue weighted by Crippen LogP contribution is -2.28. The highest BCUT2D eigenvalue weighted by Gasteiger charge is 2.26. The van der Waals surface area contributed by atoms with Gasteiger partial charge in [-0.2, -0.15) is 0 Å². The van der Waals surface area contributed by atoms with Crippen LogP contribution in [0, 0.1) is 11.8 Å². The van der Waals surface area contributed by atoms with Gasteiger partial charge in [-0.15, -0.1) is 10.2 Å². The molecule has 0 spiro atoms. The second-order valence-electron chi connectivity index (χ2n) is 4.19. The minimum atomic E-state index is 0.134. The van der Waals surface area contributed by atoms with E-state index in [0.717, 1.165) is 25.2 Å². The molecule has 0 fully saturated rings. The van der Waals surface area contributed by atoms with Gasteiger partial charge in [0.25, 0.3) is 0 Å². The van der Waals surface area contributed by atoms with Crippen molar-refractivity contribution < 1.29 is 4.79 Å². The summed E-state index contributed by atoms with van der Waals surface area (Å²) < 4.78 is 2.03. The molecule has 0 N–H and O–H groups in total. The Bertz CT molecular complexity index is 343. The fourth-order valence-electron chi connectivity index (χ4n) is 1.96. The molecule has 0 aliphatic carbocycles. The second kappa shape index (κ2) is 3.52. The topological polar surface area (TPSA) is 47.8 Å². The number of carbonyl (C=O) groups is 1. The fraction of sp³-hybridized carbons (Fsp3) is 0.700. The summed E-state index contributed by atoms with van der Waals surface area (Å²) in [5.74, 6) is 1.61. The molecule has 14 heavy (non-hydrogen) atoms. The maximum absolute atomic E-state index is 11.8. The predicted molar refractivity (Wildman–Crippen MR) is 51.7 cm³/mol. The van der Waals surface area contributed by atoms with Crippen molar-refractivity contribution in [2.24, 2.45) is 11.8 Å². The molecule has 1 aromatic heterocycles. The van der Waals surface area contributed by atoms with Crippen molar-refractivity contribution in [1.82, 2.24) is 14.8 Å². The first kappa shape index (κ1) is 9.37. The van der Waals surface area contributed by atoms with E-state index < -0.39 is 0 Å². The van der Waals surface area contributed by atoms with Gasteiger partial charge < -0.3 is 4.57 Å². The second-order valence-corrected chi connectivity index (χ2v) is 4.19. The van der Waals surface area contributed by atoms with E-state index in [1.807, 2.05) is 18.4 Å². The number of rotatable bonds is 2. The summed E-state index contributed by atoms with van der Waals surface area (Å²) >= 11 is 0. The van der Waals surface area contributed by atoms with Crippen LogP contribution in [0.25, 0.3) is 0 Å². The summed E-state index contributed by atoms with van der Waals surface area (Å²) in [6.45, 7) is 4.80. The lowest BCUT2D eigenvalue weighted by molar-refractivity contribution is -0.126. The van der Waals surface area contributed by atoms with Gasteiger partial charge in [-0.25, -0.2) is 0 Å². The van der Waals surface area contributed by atoms with Gasteiger partial charge >= 0.3 is 0 Å². The van der Waals surface area contributed by atoms with E-state index in [1.54, 1.807) is 6.33 Å². The number of fused-ring (bicyclic) bond motifs is 1. The molecule has 0 amide bonds. The Morgan fingerprint density at radius 1 is 1.64 bits per heavy atom. The first-order valence-corrected chi connectivity index (χ1v) is 5.09. The first-order chi connectivity index (χ1) is 6.68. The molecule has 0 radical (unpaired) electrons. The zero-order valence-electron chi connectivity index (χ0n) is 8.60. The molecule has 0 saturated heterocycles. The van der Waals surface area contributed by atoms with Crippen LogP contribution < -0.4 is 0 Å². The SMILES string of the molecule is CC(C)C(=O)[C@@H]1CCn2cnnc2C1. The van der Waals surface area contributed by atoms with Crippen molar-refractivity contribution in [2.75, 3.05) is 0 Å². The number of aromatic nitrogens is 3. The van der Waals surface area contributed by atoms with E-state index in [4.69, 9.17) is 0 Å². The van der Waals surface area contributed by atoms with E-state index in [1.165, 1.54) is 0 Å². The summed E-state index contributed by atoms with van der Waals surface area (Å²) in [6, 6.07) is 0. The first-order valence-electron chi connectivity index (χ1n) is 5.09. The Morgan fingerprint density at radius 3 is 3.14 bits per heavy atom. The van der Waals surface area contributed by atoms with Crippen LogP contribution in [0.4, 0.5) is 0 Å². The maximum atomic E-state index is 11.8. The molecule has 4 heteroatoms. The summed E-state index contributed by atoms with van der Waals surface area (Å²) in [6.07, 6.45) is 3.43. The quantitative estimate of drug-likeness (QED) is 0.705. The van der Waals surface area contributed by atoms with Crippen LogP contribution in [0.3, 0.4) is 0 Å². The van der Waals surface area contributed by atoms with Gasteiger partial charge in [-0.1, -0.05) is 13.8 Å². The zero-order valence-corrected chi connectivity index (χ0v) is 8.60. The lowest BCUT2D eigenvalue weighted by atomic mass is 9.88. The Labute approximate surface area is 83.3 Å². The van der Waals surface area contributed by atoms with Crippen LogP contribution in [-0.2, 0) is 17.8 Å². The lowest BCUT2D eigenvalue weighted by Gasteiger charge is -2.22. The highest BCUT2D eigenvalue weighted by atomic mass is 16.1. The van der Waals surface area contributed by atoms with Crippen molar-refractivity contribution in [3.63, 3.8) is 0 Å². The van der Waals surface area contributed by atoms with Gasteiger partial charge in [0.2, 0.25) is 0 Å². The Kier molecular flexibility index (Phi) is 2.35. The van der Waals surface area contributed by atoms with Gasteiger partial charge in [-0.3, -0.25) is 4.79 Å². The van der Waals surface area contributed by atoms with Crippen LogP contribution in [0.15, 0.2) is 6.33 Å². The van der Waals surface area contributed by atoms with Gasteiger partial charge in [0.15, 0.2) is 0 Å². The standard InChI is InChI=1S/C10H15N3O/c1-7(2)10(14)8-3-4-13-6-11-12-9(13)5-8/h6-8H,3-5H2,1-2H3/t8-/m1/s1. The molecular weight excluding hydrogens is 178 g/mol. The Balaban J connectivity index is 2.11. The maximum Gasteiger partial charge on any atom is 0.139 e. The van der Waals surface area contributed by atoms with Crippen LogP contribution in [0.2, 0.25) is 0 Å². The Morgan fingerprint density at radius 2 is 2.43 bits per heavy atom. The third-order valence-electron chi connectivity index (χ3n) is 2.81. The monoisotopic (exact) mass is 193 g/mol. The van der Waals surface area contributed by atoms with Crippen molar-refractivity contribution in [3.05, 3.63) is 12.2 Å². The molecule has 1 atom stereocenters. The van der Waals surface area contributed by atoms with E-state index >= 15 is 0 Å². The number of aryl methyl sites for hydroxylation is 1. The van der Waals surface area contributed by atoms with E-state index in [-0.39, 0.29) is 11.8 Å². The number of hydrogen-bond acceptors (Lipinski definition) is 3. The normalized spacial score (nSPS) is 20.9. The zero-order chi connectivity index (χ0) is 10.1. The summed E-state index contributed by atoms with van der Waals surface area (Å²) in [5, 5.41) is 7.85. The van der Waals surface area contributed by atoms with E-state index in [9.17, 15) is 4.79 Å². The largest absolute Gasteiger partial charge is 0.318 e. The minimum Gasteiger partial charge on any atom is -0.318 e. The fourth-order valence-corrected chi connectivity index (χ4v) is 1.96. The molecule has 0 unspecified atom stereocenters. The number of nitrogens with zero attached hydrogens (tertiary/aromatic N) is 3. The highest BCUT2D eigenvalue weighted by Crippen LogP contribution is 2.21. The molecule has 2 rings (SSSR count). The molecule has 1 aromatic rings. The molecule has 1 aliphatic heterocycles. The van der Waals surface area contributed by atoms with Crippen molar-refractivity contribution in [2.45, 2.75) is 33.2 Å². The van der Waals surface area contributed by atoms with E-state index in [0.29, 0.717) is 5.78 Å². The molecule has 76 valence electrons. The van der Waals surface area contributed by atoms with Crippen LogP contribution in [0.1, 0.15) is 26.1 Å². The Hall–Kier alpha value is -1.19. The third kappa shape index (κ3) is 1.56. The van der Waals surface area contributed by atoms with Crippen molar-refractivity contribution in [1.29, 1.82) is 0 Å². The summed E-state index contributed by atoms with van der Waals surface area (Å²) in [4.78, 5) is 11.8. The van der Waals surface area contributed by atoms with Crippen LogP contribution >= 0.6 is 0 Å². The van der Waals surface area contributed by atoms with Gasteiger partial charge in [0.05, 0.1) is 0 Å².